The van der Waals surface area contributed by atoms with Crippen LogP contribution in [-0.2, 0) is 21.2 Å². The largest absolute Gasteiger partial charge is 0.501 e. The lowest BCUT2D eigenvalue weighted by Crippen LogP contribution is -2.43. The molecule has 3 amide bonds. The number of hydrogen-bond donors (Lipinski definition) is 0. The number of hydrogen-bond acceptors (Lipinski definition) is 5. The van der Waals surface area contributed by atoms with Crippen LogP contribution in [-0.4, -0.2) is 41.3 Å². The molecule has 0 atom stereocenters. The minimum Gasteiger partial charge on any atom is -0.305 e. The summed E-state index contributed by atoms with van der Waals surface area (Å²) in [5, 5.41) is 0.832. The Hall–Kier alpha value is -3.47. The normalized spacial score (nSPS) is 16.5. The molecule has 7 nitrogen and oxygen atoms in total. The predicted octanol–water partition coefficient (Wildman–Crippen LogP) is 4.58. The molecule has 1 aliphatic heterocycles. The molecule has 2 heterocycles. The van der Waals surface area contributed by atoms with Crippen molar-refractivity contribution in [3.63, 3.8) is 0 Å². The van der Waals surface area contributed by atoms with E-state index in [-0.39, 0.29) is 12.2 Å². The fourth-order valence-electron chi connectivity index (χ4n) is 3.86. The van der Waals surface area contributed by atoms with Crippen molar-refractivity contribution >= 4 is 38.4 Å². The molecular formula is C23H20F3N3O4S. The highest BCUT2D eigenvalue weighted by atomic mass is 32.2. The molecule has 34 heavy (non-hydrogen) atoms. The molecule has 178 valence electrons. The van der Waals surface area contributed by atoms with Gasteiger partial charge in [0.2, 0.25) is 0 Å². The number of aryl methyl sites for hydroxylation is 1. The van der Waals surface area contributed by atoms with Gasteiger partial charge in [0.25, 0.3) is 15.7 Å². The summed E-state index contributed by atoms with van der Waals surface area (Å²) in [6, 6.07) is 10.3. The van der Waals surface area contributed by atoms with Gasteiger partial charge in [-0.1, -0.05) is 11.6 Å². The van der Waals surface area contributed by atoms with E-state index in [4.69, 9.17) is 0 Å². The lowest BCUT2D eigenvalue weighted by atomic mass is 10.0. The number of rotatable bonds is 4. The molecule has 2 aromatic carbocycles. The molecule has 1 fully saturated rings. The quantitative estimate of drug-likeness (QED) is 0.499. The van der Waals surface area contributed by atoms with E-state index in [1.165, 1.54) is 4.90 Å². The van der Waals surface area contributed by atoms with Gasteiger partial charge in [-0.25, -0.2) is 18.1 Å². The Morgan fingerprint density at radius 2 is 1.65 bits per heavy atom. The molecule has 3 aromatic rings. The van der Waals surface area contributed by atoms with E-state index < -0.39 is 37.7 Å². The van der Waals surface area contributed by atoms with Gasteiger partial charge in [0, 0.05) is 18.1 Å². The van der Waals surface area contributed by atoms with E-state index in [0.717, 1.165) is 51.2 Å². The molecule has 0 radical (unpaired) electrons. The Morgan fingerprint density at radius 3 is 2.26 bits per heavy atom. The lowest BCUT2D eigenvalue weighted by molar-refractivity contribution is -0.123. The van der Waals surface area contributed by atoms with Crippen LogP contribution in [0.25, 0.3) is 10.9 Å². The molecule has 0 unspecified atom stereocenters. The number of aromatic nitrogens is 1. The summed E-state index contributed by atoms with van der Waals surface area (Å²) in [7, 11) is -5.55. The zero-order valence-electron chi connectivity index (χ0n) is 18.4. The van der Waals surface area contributed by atoms with Crippen LogP contribution in [0.15, 0.2) is 59.6 Å². The SMILES string of the molecule is Cc1ccc2nccc(CN3C(=O)N(c4ccc(S(=O)(=O)C(F)(F)F)cc4)C(=O)C3(C)C)c2c1. The van der Waals surface area contributed by atoms with E-state index in [2.05, 4.69) is 4.98 Å². The van der Waals surface area contributed by atoms with Crippen molar-refractivity contribution in [2.45, 2.75) is 43.3 Å². The first kappa shape index (κ1) is 23.7. The number of carbonyl (C=O) groups is 2. The molecule has 0 aliphatic carbocycles. The van der Waals surface area contributed by atoms with Gasteiger partial charge in [-0.15, -0.1) is 0 Å². The summed E-state index contributed by atoms with van der Waals surface area (Å²) >= 11 is 0. The third-order valence-electron chi connectivity index (χ3n) is 5.85. The molecule has 0 spiro atoms. The van der Waals surface area contributed by atoms with Crippen LogP contribution in [0.4, 0.5) is 23.7 Å². The molecule has 11 heteroatoms. The van der Waals surface area contributed by atoms with E-state index in [0.29, 0.717) is 0 Å². The first-order chi connectivity index (χ1) is 15.7. The highest BCUT2D eigenvalue weighted by Gasteiger charge is 2.52. The fourth-order valence-corrected chi connectivity index (χ4v) is 4.62. The predicted molar refractivity (Wildman–Crippen MR) is 119 cm³/mol. The summed E-state index contributed by atoms with van der Waals surface area (Å²) < 4.78 is 61.7. The Balaban J connectivity index is 1.69. The number of urea groups is 1. The van der Waals surface area contributed by atoms with E-state index >= 15 is 0 Å². The van der Waals surface area contributed by atoms with Gasteiger partial charge in [-0.2, -0.15) is 13.2 Å². The molecular weight excluding hydrogens is 471 g/mol. The second-order valence-electron chi connectivity index (χ2n) is 8.50. The van der Waals surface area contributed by atoms with Crippen LogP contribution in [0.3, 0.4) is 0 Å². The number of fused-ring (bicyclic) bond motifs is 1. The Bertz CT molecular complexity index is 1420. The second kappa shape index (κ2) is 7.79. The molecule has 0 bridgehead atoms. The zero-order chi connectivity index (χ0) is 25.1. The average molecular weight is 491 g/mol. The van der Waals surface area contributed by atoms with Gasteiger partial charge < -0.3 is 4.90 Å². The van der Waals surface area contributed by atoms with Gasteiger partial charge in [-0.05, 0) is 68.8 Å². The van der Waals surface area contributed by atoms with Gasteiger partial charge in [0.05, 0.1) is 16.1 Å². The number of amides is 3. The van der Waals surface area contributed by atoms with Crippen LogP contribution >= 0.6 is 0 Å². The van der Waals surface area contributed by atoms with Crippen molar-refractivity contribution in [3.05, 3.63) is 65.9 Å². The van der Waals surface area contributed by atoms with Crippen LogP contribution < -0.4 is 4.90 Å². The molecule has 1 aliphatic rings. The number of carbonyl (C=O) groups excluding carboxylic acids is 2. The highest BCUT2D eigenvalue weighted by Crippen LogP contribution is 2.36. The van der Waals surface area contributed by atoms with Crippen molar-refractivity contribution in [1.82, 2.24) is 9.88 Å². The van der Waals surface area contributed by atoms with Gasteiger partial charge in [0.1, 0.15) is 5.54 Å². The number of imide groups is 1. The Morgan fingerprint density at radius 1 is 1.00 bits per heavy atom. The van der Waals surface area contributed by atoms with Crippen molar-refractivity contribution in [3.8, 4) is 0 Å². The minimum atomic E-state index is -5.55. The number of sulfone groups is 1. The van der Waals surface area contributed by atoms with Crippen molar-refractivity contribution in [2.75, 3.05) is 4.90 Å². The number of alkyl halides is 3. The van der Waals surface area contributed by atoms with Gasteiger partial charge in [-0.3, -0.25) is 9.78 Å². The molecule has 1 aromatic heterocycles. The highest BCUT2D eigenvalue weighted by molar-refractivity contribution is 7.92. The van der Waals surface area contributed by atoms with E-state index in [9.17, 15) is 31.2 Å². The van der Waals surface area contributed by atoms with Crippen molar-refractivity contribution < 1.29 is 31.2 Å². The smallest absolute Gasteiger partial charge is 0.305 e. The summed E-state index contributed by atoms with van der Waals surface area (Å²) in [5.41, 5.74) is -4.23. The zero-order valence-corrected chi connectivity index (χ0v) is 19.2. The van der Waals surface area contributed by atoms with Crippen molar-refractivity contribution in [1.29, 1.82) is 0 Å². The van der Waals surface area contributed by atoms with Gasteiger partial charge in [0.15, 0.2) is 0 Å². The monoisotopic (exact) mass is 491 g/mol. The second-order valence-corrected chi connectivity index (χ2v) is 10.4. The first-order valence-electron chi connectivity index (χ1n) is 10.2. The van der Waals surface area contributed by atoms with E-state index in [1.54, 1.807) is 26.1 Å². The van der Waals surface area contributed by atoms with Crippen LogP contribution in [0.5, 0.6) is 0 Å². The summed E-state index contributed by atoms with van der Waals surface area (Å²) in [6.07, 6.45) is 1.61. The van der Waals surface area contributed by atoms with Crippen molar-refractivity contribution in [2.24, 2.45) is 0 Å². The summed E-state index contributed by atoms with van der Waals surface area (Å²) in [6.45, 7) is 5.17. The van der Waals surface area contributed by atoms with Crippen LogP contribution in [0, 0.1) is 6.92 Å². The summed E-state index contributed by atoms with van der Waals surface area (Å²) in [5.74, 6) is -0.585. The maximum Gasteiger partial charge on any atom is 0.501 e. The maximum atomic E-state index is 13.3. The number of benzene rings is 2. The standard InChI is InChI=1S/C23H20F3N3O4S/c1-14-4-9-19-18(12-14)15(10-11-27-19)13-28-21(31)29(20(30)22(28,2)3)16-5-7-17(8-6-16)34(32,33)23(24,25)26/h4-12H,13H2,1-3H3. The molecule has 0 N–H and O–H groups in total. The number of pyridine rings is 1. The third kappa shape index (κ3) is 3.69. The maximum absolute atomic E-state index is 13.3. The van der Waals surface area contributed by atoms with Crippen LogP contribution in [0.2, 0.25) is 0 Å². The first-order valence-corrected chi connectivity index (χ1v) is 11.7. The lowest BCUT2D eigenvalue weighted by Gasteiger charge is -2.28. The van der Waals surface area contributed by atoms with E-state index in [1.807, 2.05) is 25.1 Å². The van der Waals surface area contributed by atoms with Crippen LogP contribution in [0.1, 0.15) is 25.0 Å². The topological polar surface area (TPSA) is 87.7 Å². The number of halogens is 3. The number of anilines is 1. The Kier molecular flexibility index (Phi) is 5.43. The third-order valence-corrected chi connectivity index (χ3v) is 7.35. The number of nitrogens with zero attached hydrogens (tertiary/aromatic N) is 3. The Labute approximate surface area is 193 Å². The molecule has 4 rings (SSSR count). The van der Waals surface area contributed by atoms with Gasteiger partial charge >= 0.3 is 11.5 Å². The minimum absolute atomic E-state index is 0.0258. The average Bonchev–Trinajstić information content (AvgIpc) is 2.92. The molecule has 1 saturated heterocycles. The molecule has 0 saturated carbocycles. The summed E-state index contributed by atoms with van der Waals surface area (Å²) in [4.78, 5) is 32.0. The fraction of sp³-hybridized carbons (Fsp3) is 0.261.